The van der Waals surface area contributed by atoms with Crippen LogP contribution in [0.25, 0.3) is 5.69 Å². The first kappa shape index (κ1) is 26.7. The van der Waals surface area contributed by atoms with E-state index in [1.807, 2.05) is 77.7 Å². The molecule has 1 fully saturated rings. The molecule has 4 aromatic rings. The summed E-state index contributed by atoms with van der Waals surface area (Å²) in [5.74, 6) is 0.664. The SMILES string of the molecule is COc1ccccc1-n1nnnc1SCC(=O)Nc1ccc(N2CCN(C(=O)c3ccc(Br)cc3)CC2)cc1. The van der Waals surface area contributed by atoms with E-state index in [4.69, 9.17) is 4.74 Å². The van der Waals surface area contributed by atoms with Crippen molar-refractivity contribution >= 4 is 50.9 Å². The lowest BCUT2D eigenvalue weighted by atomic mass is 10.1. The molecule has 0 unspecified atom stereocenters. The maximum absolute atomic E-state index is 12.8. The highest BCUT2D eigenvalue weighted by Gasteiger charge is 2.22. The number of benzene rings is 3. The number of tetrazole rings is 1. The third kappa shape index (κ3) is 6.40. The Balaban J connectivity index is 1.12. The molecular formula is C27H26BrN7O3S. The highest BCUT2D eigenvalue weighted by atomic mass is 79.9. The summed E-state index contributed by atoms with van der Waals surface area (Å²) in [4.78, 5) is 29.5. The summed E-state index contributed by atoms with van der Waals surface area (Å²) >= 11 is 4.64. The second-order valence-electron chi connectivity index (χ2n) is 8.71. The predicted octanol–water partition coefficient (Wildman–Crippen LogP) is 4.13. The first-order valence-corrected chi connectivity index (χ1v) is 14.0. The summed E-state index contributed by atoms with van der Waals surface area (Å²) in [6, 6.07) is 22.6. The van der Waals surface area contributed by atoms with Crippen molar-refractivity contribution in [3.8, 4) is 11.4 Å². The third-order valence-corrected chi connectivity index (χ3v) is 7.71. The largest absolute Gasteiger partial charge is 0.494 e. The number of anilines is 2. The molecule has 3 aromatic carbocycles. The summed E-state index contributed by atoms with van der Waals surface area (Å²) < 4.78 is 7.90. The number of hydrogen-bond acceptors (Lipinski definition) is 8. The van der Waals surface area contributed by atoms with Crippen molar-refractivity contribution in [3.05, 3.63) is 82.8 Å². The summed E-state index contributed by atoms with van der Waals surface area (Å²) in [5.41, 5.74) is 3.15. The van der Waals surface area contributed by atoms with E-state index in [1.165, 1.54) is 11.8 Å². The molecule has 12 heteroatoms. The number of thioether (sulfide) groups is 1. The van der Waals surface area contributed by atoms with Crippen LogP contribution in [-0.4, -0.2) is 76.0 Å². The molecule has 1 aliphatic rings. The van der Waals surface area contributed by atoms with Crippen LogP contribution >= 0.6 is 27.7 Å². The van der Waals surface area contributed by atoms with Crippen LogP contribution in [0.2, 0.25) is 0 Å². The topological polar surface area (TPSA) is 105 Å². The van der Waals surface area contributed by atoms with Gasteiger partial charge in [0.2, 0.25) is 11.1 Å². The highest BCUT2D eigenvalue weighted by Crippen LogP contribution is 2.26. The summed E-state index contributed by atoms with van der Waals surface area (Å²) in [7, 11) is 1.58. The zero-order valence-corrected chi connectivity index (χ0v) is 23.6. The number of halogens is 1. The Morgan fingerprint density at radius 2 is 1.69 bits per heavy atom. The normalized spacial score (nSPS) is 13.3. The predicted molar refractivity (Wildman–Crippen MR) is 154 cm³/mol. The smallest absolute Gasteiger partial charge is 0.253 e. The number of piperazine rings is 1. The molecule has 2 heterocycles. The quantitative estimate of drug-likeness (QED) is 0.298. The Hall–Kier alpha value is -3.90. The van der Waals surface area contributed by atoms with Crippen LogP contribution in [0.4, 0.5) is 11.4 Å². The van der Waals surface area contributed by atoms with E-state index in [9.17, 15) is 9.59 Å². The van der Waals surface area contributed by atoms with Gasteiger partial charge in [-0.15, -0.1) is 5.10 Å². The standard InChI is InChI=1S/C27H26BrN7O3S/c1-38-24-5-3-2-4-23(24)35-27(30-31-32-35)39-18-25(36)29-21-10-12-22(13-11-21)33-14-16-34(17-15-33)26(37)19-6-8-20(28)9-7-19/h2-13H,14-18H2,1H3,(H,29,36). The first-order valence-electron chi connectivity index (χ1n) is 12.3. The Labute approximate surface area is 238 Å². The number of nitrogens with zero attached hydrogens (tertiary/aromatic N) is 6. The number of carbonyl (C=O) groups excluding carboxylic acids is 2. The molecule has 0 spiro atoms. The number of carbonyl (C=O) groups is 2. The molecule has 200 valence electrons. The number of methoxy groups -OCH3 is 1. The summed E-state index contributed by atoms with van der Waals surface area (Å²) in [6.45, 7) is 2.79. The second-order valence-corrected chi connectivity index (χ2v) is 10.6. The van der Waals surface area contributed by atoms with Crippen LogP contribution < -0.4 is 15.0 Å². The molecule has 2 amide bonds. The van der Waals surface area contributed by atoms with E-state index in [-0.39, 0.29) is 17.6 Å². The van der Waals surface area contributed by atoms with E-state index in [2.05, 4.69) is 41.7 Å². The number of nitrogens with one attached hydrogen (secondary N) is 1. The van der Waals surface area contributed by atoms with Crippen molar-refractivity contribution < 1.29 is 14.3 Å². The van der Waals surface area contributed by atoms with Gasteiger partial charge in [0, 0.05) is 47.6 Å². The lowest BCUT2D eigenvalue weighted by Crippen LogP contribution is -2.48. The van der Waals surface area contributed by atoms with Gasteiger partial charge in [0.15, 0.2) is 0 Å². The van der Waals surface area contributed by atoms with Gasteiger partial charge >= 0.3 is 0 Å². The minimum Gasteiger partial charge on any atom is -0.494 e. The van der Waals surface area contributed by atoms with Crippen LogP contribution in [0.1, 0.15) is 10.4 Å². The molecule has 0 saturated carbocycles. The minimum atomic E-state index is -0.164. The third-order valence-electron chi connectivity index (χ3n) is 6.26. The van der Waals surface area contributed by atoms with E-state index < -0.39 is 0 Å². The molecule has 1 aromatic heterocycles. The molecule has 39 heavy (non-hydrogen) atoms. The number of amides is 2. The second kappa shape index (κ2) is 12.3. The van der Waals surface area contributed by atoms with Crippen molar-refractivity contribution in [1.82, 2.24) is 25.1 Å². The Morgan fingerprint density at radius 3 is 2.41 bits per heavy atom. The molecule has 0 bridgehead atoms. The molecule has 5 rings (SSSR count). The van der Waals surface area contributed by atoms with Crippen molar-refractivity contribution in [3.63, 3.8) is 0 Å². The fourth-order valence-electron chi connectivity index (χ4n) is 4.25. The summed E-state index contributed by atoms with van der Waals surface area (Å²) in [6.07, 6.45) is 0. The van der Waals surface area contributed by atoms with E-state index in [0.717, 1.165) is 23.2 Å². The molecule has 10 nitrogen and oxygen atoms in total. The Bertz CT molecular complexity index is 1440. The van der Waals surface area contributed by atoms with Crippen molar-refractivity contribution in [1.29, 1.82) is 0 Å². The van der Waals surface area contributed by atoms with Crippen molar-refractivity contribution in [2.24, 2.45) is 0 Å². The van der Waals surface area contributed by atoms with Crippen LogP contribution in [0.15, 0.2) is 82.4 Å². The van der Waals surface area contributed by atoms with Gasteiger partial charge in [-0.1, -0.05) is 39.8 Å². The monoisotopic (exact) mass is 607 g/mol. The van der Waals surface area contributed by atoms with Gasteiger partial charge in [-0.25, -0.2) is 0 Å². The number of hydrogen-bond donors (Lipinski definition) is 1. The number of rotatable bonds is 8. The lowest BCUT2D eigenvalue weighted by molar-refractivity contribution is -0.113. The van der Waals surface area contributed by atoms with Gasteiger partial charge in [0.05, 0.1) is 12.9 Å². The van der Waals surface area contributed by atoms with E-state index >= 15 is 0 Å². The Kier molecular flexibility index (Phi) is 8.42. The highest BCUT2D eigenvalue weighted by molar-refractivity contribution is 9.10. The fourth-order valence-corrected chi connectivity index (χ4v) is 5.20. The van der Waals surface area contributed by atoms with E-state index in [1.54, 1.807) is 11.8 Å². The fraction of sp³-hybridized carbons (Fsp3) is 0.222. The van der Waals surface area contributed by atoms with Crippen molar-refractivity contribution in [2.45, 2.75) is 5.16 Å². The molecule has 0 radical (unpaired) electrons. The van der Waals surface area contributed by atoms with Crippen LogP contribution in [0, 0.1) is 0 Å². The number of para-hydroxylation sites is 2. The molecule has 1 N–H and O–H groups in total. The average molecular weight is 609 g/mol. The van der Waals surface area contributed by atoms with Crippen molar-refractivity contribution in [2.75, 3.05) is 49.3 Å². The molecule has 1 saturated heterocycles. The lowest BCUT2D eigenvalue weighted by Gasteiger charge is -2.36. The maximum Gasteiger partial charge on any atom is 0.253 e. The van der Waals surface area contributed by atoms with Crippen LogP contribution in [-0.2, 0) is 4.79 Å². The molecule has 0 atom stereocenters. The van der Waals surface area contributed by atoms with Gasteiger partial charge in [0.1, 0.15) is 11.4 Å². The van der Waals surface area contributed by atoms with E-state index in [0.29, 0.717) is 40.9 Å². The Morgan fingerprint density at radius 1 is 0.974 bits per heavy atom. The molecule has 0 aliphatic carbocycles. The molecule has 1 aliphatic heterocycles. The van der Waals surface area contributed by atoms with Gasteiger partial charge in [-0.05, 0) is 71.1 Å². The van der Waals surface area contributed by atoms with Gasteiger partial charge in [-0.2, -0.15) is 4.68 Å². The zero-order valence-electron chi connectivity index (χ0n) is 21.2. The minimum absolute atomic E-state index is 0.0509. The zero-order chi connectivity index (χ0) is 27.2. The van der Waals surface area contributed by atoms with Crippen LogP contribution in [0.3, 0.4) is 0 Å². The summed E-state index contributed by atoms with van der Waals surface area (Å²) in [5, 5.41) is 15.2. The first-order chi connectivity index (χ1) is 19.0. The maximum atomic E-state index is 12.8. The number of aromatic nitrogens is 4. The van der Waals surface area contributed by atoms with Gasteiger partial charge in [-0.3, -0.25) is 9.59 Å². The van der Waals surface area contributed by atoms with Gasteiger partial charge in [0.25, 0.3) is 5.91 Å². The average Bonchev–Trinajstić information content (AvgIpc) is 3.45. The number of ether oxygens (including phenoxy) is 1. The van der Waals surface area contributed by atoms with Crippen LogP contribution in [0.5, 0.6) is 5.75 Å². The van der Waals surface area contributed by atoms with Gasteiger partial charge < -0.3 is 19.9 Å². The molecular weight excluding hydrogens is 582 g/mol.